The first-order valence-corrected chi connectivity index (χ1v) is 12.4. The van der Waals surface area contributed by atoms with Crippen LogP contribution >= 0.6 is 0 Å². The van der Waals surface area contributed by atoms with Crippen LogP contribution in [0.3, 0.4) is 0 Å². The van der Waals surface area contributed by atoms with Gasteiger partial charge < -0.3 is 4.90 Å². The summed E-state index contributed by atoms with van der Waals surface area (Å²) in [5.74, 6) is 0. The second kappa shape index (κ2) is 6.25. The van der Waals surface area contributed by atoms with Gasteiger partial charge in [0.1, 0.15) is 0 Å². The van der Waals surface area contributed by atoms with Gasteiger partial charge in [-0.05, 0) is 104 Å². The Morgan fingerprint density at radius 3 is 2.29 bits per heavy atom. The van der Waals surface area contributed by atoms with E-state index < -0.39 is 0 Å². The lowest BCUT2D eigenvalue weighted by Crippen LogP contribution is -2.25. The molecule has 0 saturated heterocycles. The van der Waals surface area contributed by atoms with Crippen LogP contribution in [0.4, 0.5) is 17.1 Å². The van der Waals surface area contributed by atoms with Gasteiger partial charge in [0.25, 0.3) is 0 Å². The van der Waals surface area contributed by atoms with E-state index in [1.54, 1.807) is 0 Å². The van der Waals surface area contributed by atoms with E-state index in [4.69, 9.17) is 4.98 Å². The molecule has 0 N–H and O–H groups in total. The van der Waals surface area contributed by atoms with Crippen LogP contribution in [0.2, 0.25) is 0 Å². The average molecular weight is 448 g/mol. The van der Waals surface area contributed by atoms with E-state index >= 15 is 0 Å². The average Bonchev–Trinajstić information content (AvgIpc) is 3.42. The maximum atomic E-state index is 4.78. The molecule has 0 saturated carbocycles. The Kier molecular flexibility index (Phi) is 3.24. The fourth-order valence-electron chi connectivity index (χ4n) is 6.87. The quantitative estimate of drug-likeness (QED) is 0.253. The van der Waals surface area contributed by atoms with Crippen molar-refractivity contribution in [3.05, 3.63) is 124 Å². The molecule has 4 heterocycles. The van der Waals surface area contributed by atoms with Crippen molar-refractivity contribution in [3.8, 4) is 22.3 Å². The van der Waals surface area contributed by atoms with Gasteiger partial charge in [0.15, 0.2) is 0 Å². The number of anilines is 3. The number of aromatic nitrogens is 2. The normalized spacial score (nSPS) is 14.9. The summed E-state index contributed by atoms with van der Waals surface area (Å²) >= 11 is 0. The fraction of sp³-hybridized carbons (Fsp3) is 0.125. The number of nitrogens with zero attached hydrogens (tertiary/aromatic N) is 3. The Labute approximate surface area is 203 Å². The summed E-state index contributed by atoms with van der Waals surface area (Å²) in [6.45, 7) is 0. The van der Waals surface area contributed by atoms with Gasteiger partial charge in [0.05, 0.1) is 29.0 Å². The molecule has 5 aromatic rings. The Bertz CT molecular complexity index is 1760. The van der Waals surface area contributed by atoms with E-state index in [1.807, 2.05) is 18.6 Å². The van der Waals surface area contributed by atoms with Gasteiger partial charge in [-0.15, -0.1) is 0 Å². The smallest absolute Gasteiger partial charge is 0.0716 e. The first-order valence-electron chi connectivity index (χ1n) is 12.4. The van der Waals surface area contributed by atoms with E-state index in [-0.39, 0.29) is 0 Å². The van der Waals surface area contributed by atoms with Crippen molar-refractivity contribution < 1.29 is 0 Å². The third kappa shape index (κ3) is 2.30. The topological polar surface area (TPSA) is 29.0 Å². The molecule has 3 nitrogen and oxygen atoms in total. The minimum Gasteiger partial charge on any atom is -0.306 e. The molecule has 164 valence electrons. The number of hydrogen-bond donors (Lipinski definition) is 0. The Morgan fingerprint density at radius 2 is 1.31 bits per heavy atom. The van der Waals surface area contributed by atoms with Crippen molar-refractivity contribution in [1.29, 1.82) is 0 Å². The highest BCUT2D eigenvalue weighted by Crippen LogP contribution is 2.52. The summed E-state index contributed by atoms with van der Waals surface area (Å²) < 4.78 is 0. The van der Waals surface area contributed by atoms with Gasteiger partial charge in [-0.1, -0.05) is 30.3 Å². The van der Waals surface area contributed by atoms with Crippen molar-refractivity contribution in [2.75, 3.05) is 4.90 Å². The van der Waals surface area contributed by atoms with Gasteiger partial charge in [-0.3, -0.25) is 9.97 Å². The lowest BCUT2D eigenvalue weighted by Gasteiger charge is -2.38. The van der Waals surface area contributed by atoms with Crippen LogP contribution in [0.15, 0.2) is 79.3 Å². The lowest BCUT2D eigenvalue weighted by atomic mass is 9.87. The van der Waals surface area contributed by atoms with Crippen LogP contribution < -0.4 is 4.90 Å². The summed E-state index contributed by atoms with van der Waals surface area (Å²) in [7, 11) is 0. The first-order chi connectivity index (χ1) is 17.3. The molecule has 0 spiro atoms. The van der Waals surface area contributed by atoms with E-state index in [2.05, 4.69) is 70.5 Å². The molecule has 0 atom stereocenters. The van der Waals surface area contributed by atoms with E-state index in [9.17, 15) is 0 Å². The number of pyridine rings is 2. The molecule has 0 bridgehead atoms. The fourth-order valence-corrected chi connectivity index (χ4v) is 6.87. The molecule has 9 rings (SSSR count). The summed E-state index contributed by atoms with van der Waals surface area (Å²) in [5, 5.41) is 0. The second-order valence-corrected chi connectivity index (χ2v) is 10.3. The Morgan fingerprint density at radius 1 is 0.543 bits per heavy atom. The molecule has 0 amide bonds. The SMILES string of the molecule is c1ccc2c(c1)Cc1cc3c(cc1-2)-c1cc2c(cc1C3)N1c3cnccc3Cc3nccc(c31)C2. The standard InChI is InChI=1S/C32H21N3/c1-2-4-25-18(3-1)9-21-11-22-12-23-15-30-24(13-26(23)28(22)16-27(21)25)10-20-6-8-34-29-14-19-5-7-33-17-31(19)35(30)32(20)29/h1-8,11,13,15-17H,9-10,12,14H2. The van der Waals surface area contributed by atoms with Crippen LogP contribution in [0.25, 0.3) is 22.3 Å². The molecule has 4 aliphatic rings. The summed E-state index contributed by atoms with van der Waals surface area (Å²) in [5.41, 5.74) is 20.5. The molecule has 2 aliphatic carbocycles. The van der Waals surface area contributed by atoms with Crippen molar-refractivity contribution >= 4 is 17.1 Å². The molecular weight excluding hydrogens is 426 g/mol. The van der Waals surface area contributed by atoms with Crippen LogP contribution in [-0.2, 0) is 25.7 Å². The summed E-state index contributed by atoms with van der Waals surface area (Å²) in [6.07, 6.45) is 9.77. The molecule has 2 aliphatic heterocycles. The van der Waals surface area contributed by atoms with E-state index in [0.717, 1.165) is 25.7 Å². The van der Waals surface area contributed by atoms with Crippen LogP contribution in [-0.4, -0.2) is 9.97 Å². The van der Waals surface area contributed by atoms with Crippen molar-refractivity contribution in [1.82, 2.24) is 9.97 Å². The predicted molar refractivity (Wildman–Crippen MR) is 139 cm³/mol. The maximum absolute atomic E-state index is 4.78. The molecule has 0 unspecified atom stereocenters. The predicted octanol–water partition coefficient (Wildman–Crippen LogP) is 6.90. The van der Waals surface area contributed by atoms with Crippen LogP contribution in [0.1, 0.15) is 44.6 Å². The van der Waals surface area contributed by atoms with Gasteiger partial charge in [-0.2, -0.15) is 0 Å². The number of rotatable bonds is 0. The zero-order valence-corrected chi connectivity index (χ0v) is 19.2. The van der Waals surface area contributed by atoms with Gasteiger partial charge >= 0.3 is 0 Å². The largest absolute Gasteiger partial charge is 0.306 e. The first kappa shape index (κ1) is 18.1. The van der Waals surface area contributed by atoms with Crippen LogP contribution in [0, 0.1) is 0 Å². The van der Waals surface area contributed by atoms with E-state index in [0.29, 0.717) is 0 Å². The van der Waals surface area contributed by atoms with Crippen molar-refractivity contribution in [2.24, 2.45) is 0 Å². The summed E-state index contributed by atoms with van der Waals surface area (Å²) in [6, 6.07) is 23.1. The highest BCUT2D eigenvalue weighted by Gasteiger charge is 2.34. The molecule has 3 aromatic carbocycles. The van der Waals surface area contributed by atoms with Gasteiger partial charge in [-0.25, -0.2) is 0 Å². The van der Waals surface area contributed by atoms with Crippen molar-refractivity contribution in [2.45, 2.75) is 25.7 Å². The highest BCUT2D eigenvalue weighted by molar-refractivity contribution is 5.92. The minimum atomic E-state index is 0.871. The highest BCUT2D eigenvalue weighted by atomic mass is 15.2. The molecule has 0 fully saturated rings. The third-order valence-corrected chi connectivity index (χ3v) is 8.41. The second-order valence-electron chi connectivity index (χ2n) is 10.3. The number of hydrogen-bond acceptors (Lipinski definition) is 3. The van der Waals surface area contributed by atoms with Crippen molar-refractivity contribution in [3.63, 3.8) is 0 Å². The molecular formula is C32H21N3. The zero-order valence-electron chi connectivity index (χ0n) is 19.2. The van der Waals surface area contributed by atoms with Crippen LogP contribution in [0.5, 0.6) is 0 Å². The molecule has 35 heavy (non-hydrogen) atoms. The molecule has 0 radical (unpaired) electrons. The third-order valence-electron chi connectivity index (χ3n) is 8.41. The molecule has 3 heteroatoms. The van der Waals surface area contributed by atoms with E-state index in [1.165, 1.54) is 84.0 Å². The monoisotopic (exact) mass is 447 g/mol. The lowest BCUT2D eigenvalue weighted by molar-refractivity contribution is 0.952. The number of fused-ring (bicyclic) bond motifs is 10. The molecule has 2 aromatic heterocycles. The van der Waals surface area contributed by atoms with Gasteiger partial charge in [0.2, 0.25) is 0 Å². The van der Waals surface area contributed by atoms with Gasteiger partial charge in [0, 0.05) is 25.2 Å². The minimum absolute atomic E-state index is 0.871. The maximum Gasteiger partial charge on any atom is 0.0716 e. The summed E-state index contributed by atoms with van der Waals surface area (Å²) in [4.78, 5) is 11.7. The number of benzene rings is 3. The Balaban J connectivity index is 1.25. The Hall–Kier alpha value is -4.24. The zero-order chi connectivity index (χ0) is 22.7.